The van der Waals surface area contributed by atoms with Crippen LogP contribution in [-0.2, 0) is 11.2 Å². The van der Waals surface area contributed by atoms with Gasteiger partial charge in [-0.3, -0.25) is 4.79 Å². The Kier molecular flexibility index (Phi) is 17.6. The second kappa shape index (κ2) is 20.6. The summed E-state index contributed by atoms with van der Waals surface area (Å²) in [5.41, 5.74) is 0.882. The van der Waals surface area contributed by atoms with Crippen molar-refractivity contribution >= 4 is 5.91 Å². The third-order valence-electron chi connectivity index (χ3n) is 5.21. The van der Waals surface area contributed by atoms with E-state index in [1.54, 1.807) is 6.07 Å². The van der Waals surface area contributed by atoms with Crippen LogP contribution in [0, 0.1) is 0 Å². The number of unbranched alkanes of at least 4 members (excludes halogenated alkanes) is 3. The fraction of sp³-hybridized carbons (Fsp3) is 0.433. The Bertz CT molecular complexity index is 818. The molecule has 3 N–H and O–H groups in total. The summed E-state index contributed by atoms with van der Waals surface area (Å²) in [5.74, 6) is -0.188. The minimum absolute atomic E-state index is 0.0675. The van der Waals surface area contributed by atoms with E-state index in [0.717, 1.165) is 63.4 Å². The lowest BCUT2D eigenvalue weighted by Gasteiger charge is -2.06. The van der Waals surface area contributed by atoms with E-state index in [4.69, 9.17) is 0 Å². The number of aromatic hydroxyl groups is 2. The van der Waals surface area contributed by atoms with Crippen molar-refractivity contribution in [3.63, 3.8) is 0 Å². The van der Waals surface area contributed by atoms with Gasteiger partial charge in [-0.2, -0.15) is 0 Å². The van der Waals surface area contributed by atoms with Gasteiger partial charge in [-0.25, -0.2) is 0 Å². The van der Waals surface area contributed by atoms with E-state index in [1.165, 1.54) is 12.1 Å². The Morgan fingerprint density at radius 1 is 0.765 bits per heavy atom. The van der Waals surface area contributed by atoms with Crippen molar-refractivity contribution in [2.24, 2.45) is 0 Å². The zero-order valence-corrected chi connectivity index (χ0v) is 20.8. The molecule has 4 heteroatoms. The van der Waals surface area contributed by atoms with Crippen molar-refractivity contribution in [1.29, 1.82) is 0 Å². The number of carbonyl (C=O) groups is 1. The lowest BCUT2D eigenvalue weighted by molar-refractivity contribution is -0.121. The monoisotopic (exact) mass is 465 g/mol. The number of rotatable bonds is 18. The molecule has 0 aliphatic carbocycles. The van der Waals surface area contributed by atoms with Crippen molar-refractivity contribution in [3.8, 4) is 11.5 Å². The van der Waals surface area contributed by atoms with E-state index in [-0.39, 0.29) is 17.4 Å². The third kappa shape index (κ3) is 16.6. The second-order valence-electron chi connectivity index (χ2n) is 8.23. The van der Waals surface area contributed by atoms with Crippen LogP contribution < -0.4 is 5.32 Å². The highest BCUT2D eigenvalue weighted by atomic mass is 16.3. The molecule has 0 aromatic heterocycles. The van der Waals surface area contributed by atoms with E-state index < -0.39 is 0 Å². The summed E-state index contributed by atoms with van der Waals surface area (Å²) in [6.45, 7) is 2.68. The molecule has 186 valence electrons. The average molecular weight is 466 g/mol. The summed E-state index contributed by atoms with van der Waals surface area (Å²) in [5, 5.41) is 21.7. The van der Waals surface area contributed by atoms with Crippen LogP contribution in [0.1, 0.15) is 76.7 Å². The first-order valence-electron chi connectivity index (χ1n) is 12.7. The van der Waals surface area contributed by atoms with Gasteiger partial charge in [0.05, 0.1) is 0 Å². The molecule has 34 heavy (non-hydrogen) atoms. The SMILES string of the molecule is CCC=CCC=CCC=CCC=CCC=CCCCCCC(=O)NCCc1ccc(O)c(O)c1. The largest absolute Gasteiger partial charge is 0.504 e. The topological polar surface area (TPSA) is 69.6 Å². The molecule has 0 heterocycles. The lowest BCUT2D eigenvalue weighted by Crippen LogP contribution is -2.25. The highest BCUT2D eigenvalue weighted by Gasteiger charge is 2.03. The van der Waals surface area contributed by atoms with Gasteiger partial charge >= 0.3 is 0 Å². The van der Waals surface area contributed by atoms with E-state index in [1.807, 2.05) is 0 Å². The van der Waals surface area contributed by atoms with Crippen molar-refractivity contribution in [3.05, 3.63) is 84.5 Å². The highest BCUT2D eigenvalue weighted by Crippen LogP contribution is 2.24. The Morgan fingerprint density at radius 2 is 1.35 bits per heavy atom. The summed E-state index contributed by atoms with van der Waals surface area (Å²) < 4.78 is 0. The number of nitrogens with one attached hydrogen (secondary N) is 1. The van der Waals surface area contributed by atoms with E-state index in [0.29, 0.717) is 19.4 Å². The summed E-state index contributed by atoms with van der Waals surface area (Å²) in [4.78, 5) is 11.9. The summed E-state index contributed by atoms with van der Waals surface area (Å²) in [6, 6.07) is 4.73. The van der Waals surface area contributed by atoms with Gasteiger partial charge in [0.1, 0.15) is 0 Å². The molecule has 4 nitrogen and oxygen atoms in total. The number of carbonyl (C=O) groups excluding carboxylic acids is 1. The van der Waals surface area contributed by atoms with Gasteiger partial charge in [0, 0.05) is 13.0 Å². The Balaban J connectivity index is 1.94. The van der Waals surface area contributed by atoms with Crippen molar-refractivity contribution in [1.82, 2.24) is 5.32 Å². The summed E-state index contributed by atoms with van der Waals surface area (Å²) in [7, 11) is 0. The standard InChI is InChI=1S/C30H43NO3/c1-2-3-4-5-6-7-8-9-10-11-12-13-14-15-16-17-18-19-20-21-30(34)31-25-24-27-22-23-28(32)29(33)26-27/h3-4,6-7,9-10,12-13,15-16,22-23,26,32-33H,2,5,8,11,14,17-21,24-25H2,1H3,(H,31,34). The number of hydrogen-bond donors (Lipinski definition) is 3. The molecule has 0 saturated heterocycles. The number of phenolic OH excluding ortho intramolecular Hbond substituents is 2. The number of amides is 1. The van der Waals surface area contributed by atoms with Gasteiger partial charge in [-0.1, -0.05) is 80.2 Å². The zero-order chi connectivity index (χ0) is 24.7. The van der Waals surface area contributed by atoms with Gasteiger partial charge in [-0.05, 0) is 75.5 Å². The minimum atomic E-state index is -0.128. The number of hydrogen-bond acceptors (Lipinski definition) is 3. The van der Waals surface area contributed by atoms with Gasteiger partial charge in [0.25, 0.3) is 0 Å². The van der Waals surface area contributed by atoms with Gasteiger partial charge in [0.2, 0.25) is 5.91 Å². The van der Waals surface area contributed by atoms with E-state index in [2.05, 4.69) is 73.0 Å². The smallest absolute Gasteiger partial charge is 0.220 e. The van der Waals surface area contributed by atoms with Crippen molar-refractivity contribution in [2.45, 2.75) is 77.6 Å². The maximum Gasteiger partial charge on any atom is 0.220 e. The van der Waals surface area contributed by atoms with Crippen molar-refractivity contribution < 1.29 is 15.0 Å². The molecule has 0 bridgehead atoms. The summed E-state index contributed by atoms with van der Waals surface area (Å²) in [6.07, 6.45) is 32.5. The molecule has 1 amide bonds. The first kappa shape index (κ1) is 29.0. The maximum atomic E-state index is 11.9. The molecule has 0 aliphatic rings. The molecule has 0 fully saturated rings. The molecule has 1 rings (SSSR count). The summed E-state index contributed by atoms with van der Waals surface area (Å²) >= 11 is 0. The Morgan fingerprint density at radius 3 is 1.94 bits per heavy atom. The molecular formula is C30H43NO3. The van der Waals surface area contributed by atoms with Gasteiger partial charge in [0.15, 0.2) is 11.5 Å². The fourth-order valence-electron chi connectivity index (χ4n) is 3.25. The molecule has 0 unspecified atom stereocenters. The predicted octanol–water partition coefficient (Wildman–Crippen LogP) is 7.46. The van der Waals surface area contributed by atoms with Crippen LogP contribution in [0.4, 0.5) is 0 Å². The third-order valence-corrected chi connectivity index (χ3v) is 5.21. The van der Waals surface area contributed by atoms with Crippen LogP contribution in [0.25, 0.3) is 0 Å². The van der Waals surface area contributed by atoms with Crippen LogP contribution in [0.5, 0.6) is 11.5 Å². The first-order valence-corrected chi connectivity index (χ1v) is 12.7. The van der Waals surface area contributed by atoms with Crippen LogP contribution in [0.15, 0.2) is 79.0 Å². The van der Waals surface area contributed by atoms with E-state index in [9.17, 15) is 15.0 Å². The molecule has 0 aliphatic heterocycles. The molecule has 0 saturated carbocycles. The quantitative estimate of drug-likeness (QED) is 0.120. The van der Waals surface area contributed by atoms with Crippen LogP contribution in [0.2, 0.25) is 0 Å². The predicted molar refractivity (Wildman–Crippen MR) is 144 cm³/mol. The van der Waals surface area contributed by atoms with Gasteiger partial charge in [-0.15, -0.1) is 0 Å². The average Bonchev–Trinajstić information content (AvgIpc) is 2.83. The molecule has 1 aromatic carbocycles. The number of benzene rings is 1. The Labute approximate surface area is 206 Å². The second-order valence-corrected chi connectivity index (χ2v) is 8.23. The van der Waals surface area contributed by atoms with Crippen LogP contribution in [-0.4, -0.2) is 22.7 Å². The molecular weight excluding hydrogens is 422 g/mol. The lowest BCUT2D eigenvalue weighted by atomic mass is 10.1. The normalized spacial score (nSPS) is 12.3. The number of allylic oxidation sites excluding steroid dienone is 10. The molecule has 0 atom stereocenters. The first-order chi connectivity index (χ1) is 16.6. The minimum Gasteiger partial charge on any atom is -0.504 e. The zero-order valence-electron chi connectivity index (χ0n) is 20.8. The molecule has 0 radical (unpaired) electrons. The molecule has 1 aromatic rings. The van der Waals surface area contributed by atoms with E-state index >= 15 is 0 Å². The van der Waals surface area contributed by atoms with Crippen LogP contribution >= 0.6 is 0 Å². The van der Waals surface area contributed by atoms with Crippen molar-refractivity contribution in [2.75, 3.05) is 6.54 Å². The number of phenols is 2. The van der Waals surface area contributed by atoms with Crippen LogP contribution in [0.3, 0.4) is 0 Å². The highest BCUT2D eigenvalue weighted by molar-refractivity contribution is 5.75. The maximum absolute atomic E-state index is 11.9. The van der Waals surface area contributed by atoms with Gasteiger partial charge < -0.3 is 15.5 Å². The Hall–Kier alpha value is -3.01. The fourth-order valence-corrected chi connectivity index (χ4v) is 3.25. The molecule has 0 spiro atoms.